The van der Waals surface area contributed by atoms with Gasteiger partial charge in [-0.05, 0) is 12.2 Å². The molecule has 5 heteroatoms. The normalized spacial score (nSPS) is 8.45. The van der Waals surface area contributed by atoms with Crippen LogP contribution in [0, 0.1) is 0 Å². The zero-order chi connectivity index (χ0) is 8.10. The Kier molecular flexibility index (Phi) is 2.66. The molecule has 0 spiro atoms. The van der Waals surface area contributed by atoms with Crippen LogP contribution in [0.2, 0.25) is 0 Å². The Morgan fingerprint density at radius 1 is 1.55 bits per heavy atom. The third-order valence-corrected chi connectivity index (χ3v) is 1.06. The Morgan fingerprint density at radius 3 is 2.64 bits per heavy atom. The van der Waals surface area contributed by atoms with Crippen molar-refractivity contribution in [3.05, 3.63) is 12.4 Å². The summed E-state index contributed by atoms with van der Waals surface area (Å²) >= 11 is 4.39. The van der Waals surface area contributed by atoms with E-state index in [4.69, 9.17) is 4.74 Å². The molecule has 0 aliphatic rings. The summed E-state index contributed by atoms with van der Waals surface area (Å²) in [5, 5.41) is 2.21. The lowest BCUT2D eigenvalue weighted by molar-refractivity contribution is 0.380. The number of methoxy groups -OCH3 is 1. The molecule has 0 aliphatic heterocycles. The molecule has 0 saturated heterocycles. The van der Waals surface area contributed by atoms with Crippen LogP contribution in [0.4, 0.5) is 5.69 Å². The number of thiocarbonyl (C=S) groups is 1. The summed E-state index contributed by atoms with van der Waals surface area (Å²) in [4.78, 5) is 11.3. The van der Waals surface area contributed by atoms with Gasteiger partial charge in [-0.3, -0.25) is 0 Å². The fraction of sp³-hybridized carbons (Fsp3) is 0.167. The van der Waals surface area contributed by atoms with Crippen molar-refractivity contribution in [1.82, 2.24) is 9.97 Å². The van der Waals surface area contributed by atoms with E-state index in [2.05, 4.69) is 32.3 Å². The fourth-order valence-electron chi connectivity index (χ4n) is 0.525. The van der Waals surface area contributed by atoms with Gasteiger partial charge in [0.05, 0.1) is 24.7 Å². The van der Waals surface area contributed by atoms with Crippen LogP contribution in [-0.2, 0) is 0 Å². The van der Waals surface area contributed by atoms with Crippen LogP contribution >= 0.6 is 12.2 Å². The van der Waals surface area contributed by atoms with Gasteiger partial charge in [0, 0.05) is 0 Å². The Labute approximate surface area is 69.0 Å². The number of ether oxygens (including phenoxy) is 1. The molecule has 1 aromatic rings. The molecule has 0 unspecified atom stereocenters. The van der Waals surface area contributed by atoms with Crippen molar-refractivity contribution in [2.45, 2.75) is 0 Å². The van der Waals surface area contributed by atoms with Gasteiger partial charge in [0.25, 0.3) is 0 Å². The standard InChI is InChI=1S/C6H5N3OS/c1-10-6-7-2-5(3-8-6)9-4-11/h2-3H,1H3. The van der Waals surface area contributed by atoms with Crippen molar-refractivity contribution in [2.75, 3.05) is 7.11 Å². The molecule has 0 aliphatic carbocycles. The van der Waals surface area contributed by atoms with Crippen LogP contribution in [0.5, 0.6) is 6.01 Å². The minimum Gasteiger partial charge on any atom is -0.467 e. The molecular weight excluding hydrogens is 162 g/mol. The van der Waals surface area contributed by atoms with Gasteiger partial charge in [-0.15, -0.1) is 0 Å². The van der Waals surface area contributed by atoms with Crippen LogP contribution in [0.25, 0.3) is 0 Å². The molecule has 0 amide bonds. The monoisotopic (exact) mass is 167 g/mol. The predicted molar refractivity (Wildman–Crippen MR) is 43.3 cm³/mol. The Balaban J connectivity index is 2.91. The van der Waals surface area contributed by atoms with E-state index in [0.717, 1.165) is 0 Å². The second kappa shape index (κ2) is 3.75. The predicted octanol–water partition coefficient (Wildman–Crippen LogP) is 1.22. The van der Waals surface area contributed by atoms with Gasteiger partial charge in [0.1, 0.15) is 5.69 Å². The highest BCUT2D eigenvalue weighted by molar-refractivity contribution is 7.78. The summed E-state index contributed by atoms with van der Waals surface area (Å²) in [6, 6.07) is 0.313. The molecule has 0 N–H and O–H groups in total. The smallest absolute Gasteiger partial charge is 0.316 e. The summed E-state index contributed by atoms with van der Waals surface area (Å²) < 4.78 is 4.74. The average Bonchev–Trinajstić information content (AvgIpc) is 2.07. The Hall–Kier alpha value is -1.32. The molecule has 1 heterocycles. The van der Waals surface area contributed by atoms with Gasteiger partial charge in [-0.2, -0.15) is 4.99 Å². The van der Waals surface area contributed by atoms with Crippen LogP contribution < -0.4 is 4.74 Å². The number of isothiocyanates is 1. The number of hydrogen-bond donors (Lipinski definition) is 0. The molecule has 0 aromatic carbocycles. The maximum Gasteiger partial charge on any atom is 0.316 e. The number of rotatable bonds is 2. The van der Waals surface area contributed by atoms with E-state index in [9.17, 15) is 0 Å². The van der Waals surface area contributed by atoms with Crippen molar-refractivity contribution >= 4 is 23.1 Å². The van der Waals surface area contributed by atoms with E-state index in [-0.39, 0.29) is 0 Å². The first-order valence-electron chi connectivity index (χ1n) is 2.80. The molecule has 0 fully saturated rings. The highest BCUT2D eigenvalue weighted by atomic mass is 32.1. The number of hydrogen-bond acceptors (Lipinski definition) is 5. The molecule has 1 rings (SSSR count). The van der Waals surface area contributed by atoms with E-state index in [1.807, 2.05) is 0 Å². The van der Waals surface area contributed by atoms with E-state index in [1.54, 1.807) is 0 Å². The number of nitrogens with zero attached hydrogens (tertiary/aromatic N) is 3. The molecular formula is C6H5N3OS. The molecule has 56 valence electrons. The topological polar surface area (TPSA) is 47.4 Å². The lowest BCUT2D eigenvalue weighted by Gasteiger charge is -1.94. The highest BCUT2D eigenvalue weighted by Gasteiger charge is 1.92. The van der Waals surface area contributed by atoms with Gasteiger partial charge in [0.15, 0.2) is 0 Å². The van der Waals surface area contributed by atoms with Crippen molar-refractivity contribution in [3.63, 3.8) is 0 Å². The summed E-state index contributed by atoms with van der Waals surface area (Å²) in [5.41, 5.74) is 0.570. The summed E-state index contributed by atoms with van der Waals surface area (Å²) in [6.45, 7) is 0. The van der Waals surface area contributed by atoms with E-state index in [0.29, 0.717) is 11.7 Å². The quantitative estimate of drug-likeness (QED) is 0.490. The minimum atomic E-state index is 0.313. The minimum absolute atomic E-state index is 0.313. The van der Waals surface area contributed by atoms with Crippen molar-refractivity contribution in [3.8, 4) is 6.01 Å². The van der Waals surface area contributed by atoms with Crippen LogP contribution in [0.15, 0.2) is 17.4 Å². The first kappa shape index (κ1) is 7.78. The molecule has 0 bridgehead atoms. The second-order valence-corrected chi connectivity index (χ2v) is 1.81. The summed E-state index contributed by atoms with van der Waals surface area (Å²) in [5.74, 6) is 0. The number of aromatic nitrogens is 2. The molecule has 11 heavy (non-hydrogen) atoms. The molecule has 1 aromatic heterocycles. The number of aliphatic imine (C=N–C) groups is 1. The van der Waals surface area contributed by atoms with E-state index < -0.39 is 0 Å². The summed E-state index contributed by atoms with van der Waals surface area (Å²) in [6.07, 6.45) is 3.01. The second-order valence-electron chi connectivity index (χ2n) is 1.63. The lowest BCUT2D eigenvalue weighted by atomic mass is 10.6. The van der Waals surface area contributed by atoms with Crippen molar-refractivity contribution in [2.24, 2.45) is 4.99 Å². The van der Waals surface area contributed by atoms with Gasteiger partial charge in [-0.1, -0.05) is 0 Å². The fourth-order valence-corrected chi connectivity index (χ4v) is 0.631. The first-order valence-corrected chi connectivity index (χ1v) is 3.21. The van der Waals surface area contributed by atoms with Gasteiger partial charge in [-0.25, -0.2) is 9.97 Å². The molecule has 0 radical (unpaired) electrons. The van der Waals surface area contributed by atoms with Gasteiger partial charge < -0.3 is 4.74 Å². The lowest BCUT2D eigenvalue weighted by Crippen LogP contribution is -1.88. The third-order valence-electron chi connectivity index (χ3n) is 0.972. The Morgan fingerprint density at radius 2 is 2.18 bits per heavy atom. The Bertz CT molecular complexity index is 278. The first-order chi connectivity index (χ1) is 5.36. The van der Waals surface area contributed by atoms with E-state index >= 15 is 0 Å². The van der Waals surface area contributed by atoms with Gasteiger partial charge in [0.2, 0.25) is 0 Å². The van der Waals surface area contributed by atoms with Crippen LogP contribution in [0.1, 0.15) is 0 Å². The van der Waals surface area contributed by atoms with Gasteiger partial charge >= 0.3 is 6.01 Å². The SMILES string of the molecule is COc1ncc(N=C=S)cn1. The van der Waals surface area contributed by atoms with Crippen molar-refractivity contribution < 1.29 is 4.74 Å². The van der Waals surface area contributed by atoms with Crippen LogP contribution in [0.3, 0.4) is 0 Å². The zero-order valence-electron chi connectivity index (χ0n) is 5.81. The average molecular weight is 167 g/mol. The molecule has 0 atom stereocenters. The maximum atomic E-state index is 4.74. The molecule has 0 saturated carbocycles. The van der Waals surface area contributed by atoms with E-state index in [1.165, 1.54) is 19.5 Å². The summed E-state index contributed by atoms with van der Waals surface area (Å²) in [7, 11) is 1.50. The van der Waals surface area contributed by atoms with Crippen LogP contribution in [-0.4, -0.2) is 22.2 Å². The third kappa shape index (κ3) is 2.07. The largest absolute Gasteiger partial charge is 0.467 e. The highest BCUT2D eigenvalue weighted by Crippen LogP contribution is 2.08. The van der Waals surface area contributed by atoms with Crippen molar-refractivity contribution in [1.29, 1.82) is 0 Å². The maximum absolute atomic E-state index is 4.74. The zero-order valence-corrected chi connectivity index (χ0v) is 6.63. The molecule has 4 nitrogen and oxygen atoms in total.